The van der Waals surface area contributed by atoms with E-state index in [9.17, 15) is 15.3 Å². The van der Waals surface area contributed by atoms with Crippen molar-refractivity contribution >= 4 is 22.4 Å². The van der Waals surface area contributed by atoms with Crippen LogP contribution >= 0.6 is 0 Å². The van der Waals surface area contributed by atoms with Crippen molar-refractivity contribution < 1.29 is 14.8 Å². The largest absolute Gasteiger partial charge is 0.380 e. The minimum atomic E-state index is -0.515. The van der Waals surface area contributed by atoms with Gasteiger partial charge in [0.15, 0.2) is 5.52 Å². The van der Waals surface area contributed by atoms with Crippen molar-refractivity contribution in [3.8, 4) is 0 Å². The lowest BCUT2D eigenvalue weighted by molar-refractivity contribution is -0.383. The molecule has 1 aromatic heterocycles. The van der Waals surface area contributed by atoms with E-state index in [-0.39, 0.29) is 17.2 Å². The zero-order valence-corrected chi connectivity index (χ0v) is 14.1. The van der Waals surface area contributed by atoms with Crippen LogP contribution in [0, 0.1) is 10.1 Å². The summed E-state index contributed by atoms with van der Waals surface area (Å²) in [6.07, 6.45) is 1.29. The molecule has 0 aliphatic carbocycles. The molecule has 2 aromatic rings. The van der Waals surface area contributed by atoms with Gasteiger partial charge in [-0.1, -0.05) is 0 Å². The second kappa shape index (κ2) is 5.38. The number of rotatable bonds is 3. The van der Waals surface area contributed by atoms with Crippen molar-refractivity contribution in [3.63, 3.8) is 0 Å². The van der Waals surface area contributed by atoms with Gasteiger partial charge in [0.05, 0.1) is 10.6 Å². The van der Waals surface area contributed by atoms with Crippen LogP contribution in [0.3, 0.4) is 0 Å². The molecule has 1 aliphatic rings. The number of nitrogens with one attached hydrogen (secondary N) is 1. The SMILES string of the molecule is CC1(C)CC(Nc2ccc([N+](=O)[O-])c3nonc23)CC(C)(C)N1[O]. The van der Waals surface area contributed by atoms with E-state index in [1.54, 1.807) is 6.07 Å². The average Bonchev–Trinajstić information content (AvgIpc) is 2.93. The molecule has 3 rings (SSSR count). The number of non-ortho nitro benzene ring substituents is 1. The Hall–Kier alpha value is -2.26. The highest BCUT2D eigenvalue weighted by Gasteiger charge is 2.46. The zero-order chi connectivity index (χ0) is 17.7. The lowest BCUT2D eigenvalue weighted by Crippen LogP contribution is -2.60. The third-order valence-electron chi connectivity index (χ3n) is 4.54. The Balaban J connectivity index is 1.92. The standard InChI is InChI=1S/C15H20N5O4/c1-14(2)7-9(8-15(3,4)20(14)23)16-10-5-6-11(19(21)22)13-12(10)17-24-18-13/h5-6,9,16H,7-8H2,1-4H3. The van der Waals surface area contributed by atoms with Crippen molar-refractivity contribution in [1.29, 1.82) is 0 Å². The minimum absolute atomic E-state index is 0.0292. The molecule has 0 bridgehead atoms. The maximum Gasteiger partial charge on any atom is 0.300 e. The maximum atomic E-state index is 12.4. The number of benzene rings is 1. The molecule has 1 aromatic carbocycles. The molecule has 9 heteroatoms. The molecule has 1 fully saturated rings. The second-order valence-electron chi connectivity index (χ2n) is 7.52. The summed E-state index contributed by atoms with van der Waals surface area (Å²) in [7, 11) is 0. The van der Waals surface area contributed by atoms with E-state index in [2.05, 4.69) is 20.3 Å². The molecule has 9 nitrogen and oxygen atoms in total. The summed E-state index contributed by atoms with van der Waals surface area (Å²) >= 11 is 0. The van der Waals surface area contributed by atoms with E-state index in [1.165, 1.54) is 6.07 Å². The van der Waals surface area contributed by atoms with Gasteiger partial charge in [-0.15, -0.1) is 10.3 Å². The first-order valence-electron chi connectivity index (χ1n) is 7.75. The first kappa shape index (κ1) is 16.6. The molecule has 0 saturated carbocycles. The second-order valence-corrected chi connectivity index (χ2v) is 7.52. The normalized spacial score (nSPS) is 21.0. The summed E-state index contributed by atoms with van der Waals surface area (Å²) in [5.74, 6) is 0. The number of fused-ring (bicyclic) bond motifs is 1. The Kier molecular flexibility index (Phi) is 3.72. The van der Waals surface area contributed by atoms with Gasteiger partial charge in [0.2, 0.25) is 5.52 Å². The van der Waals surface area contributed by atoms with Gasteiger partial charge in [0.25, 0.3) is 0 Å². The number of nitro groups is 1. The van der Waals surface area contributed by atoms with E-state index in [0.717, 1.165) is 5.06 Å². The van der Waals surface area contributed by atoms with Gasteiger partial charge in [-0.2, -0.15) is 0 Å². The summed E-state index contributed by atoms with van der Waals surface area (Å²) in [5, 5.41) is 35.4. The van der Waals surface area contributed by atoms with Crippen LogP contribution in [0.2, 0.25) is 0 Å². The minimum Gasteiger partial charge on any atom is -0.380 e. The number of anilines is 1. The third-order valence-corrected chi connectivity index (χ3v) is 4.54. The van der Waals surface area contributed by atoms with Crippen LogP contribution in [0.4, 0.5) is 11.4 Å². The van der Waals surface area contributed by atoms with E-state index < -0.39 is 16.0 Å². The van der Waals surface area contributed by atoms with E-state index >= 15 is 0 Å². The van der Waals surface area contributed by atoms with Crippen molar-refractivity contribution in [2.24, 2.45) is 0 Å². The van der Waals surface area contributed by atoms with Gasteiger partial charge in [0, 0.05) is 23.2 Å². The van der Waals surface area contributed by atoms with Gasteiger partial charge in [-0.3, -0.25) is 10.1 Å². The quantitative estimate of drug-likeness (QED) is 0.677. The highest BCUT2D eigenvalue weighted by molar-refractivity contribution is 5.93. The molecule has 129 valence electrons. The lowest BCUT2D eigenvalue weighted by atomic mass is 9.79. The van der Waals surface area contributed by atoms with Crippen LogP contribution in [0.25, 0.3) is 11.0 Å². The molecule has 1 N–H and O–H groups in total. The van der Waals surface area contributed by atoms with Crippen molar-refractivity contribution in [1.82, 2.24) is 15.4 Å². The molecule has 0 spiro atoms. The molecule has 2 heterocycles. The number of hydroxylamine groups is 2. The van der Waals surface area contributed by atoms with Crippen LogP contribution in [0.15, 0.2) is 16.8 Å². The predicted octanol–water partition coefficient (Wildman–Crippen LogP) is 2.91. The van der Waals surface area contributed by atoms with Gasteiger partial charge < -0.3 is 5.32 Å². The fourth-order valence-corrected chi connectivity index (χ4v) is 3.70. The Labute approximate surface area is 138 Å². The maximum absolute atomic E-state index is 12.4. The first-order valence-corrected chi connectivity index (χ1v) is 7.75. The Morgan fingerprint density at radius 3 is 2.38 bits per heavy atom. The Morgan fingerprint density at radius 2 is 1.79 bits per heavy atom. The van der Waals surface area contributed by atoms with Gasteiger partial charge in [-0.05, 0) is 56.9 Å². The fourth-order valence-electron chi connectivity index (χ4n) is 3.70. The number of hydrogen-bond donors (Lipinski definition) is 1. The van der Waals surface area contributed by atoms with Crippen LogP contribution in [0.1, 0.15) is 40.5 Å². The third kappa shape index (κ3) is 2.69. The highest BCUT2D eigenvalue weighted by atomic mass is 16.6. The fraction of sp³-hybridized carbons (Fsp3) is 0.600. The Bertz CT molecular complexity index is 767. The molecule has 1 saturated heterocycles. The van der Waals surface area contributed by atoms with Crippen LogP contribution in [-0.4, -0.2) is 37.4 Å². The van der Waals surface area contributed by atoms with E-state index in [1.807, 2.05) is 27.7 Å². The van der Waals surface area contributed by atoms with Gasteiger partial charge >= 0.3 is 5.69 Å². The predicted molar refractivity (Wildman–Crippen MR) is 85.8 cm³/mol. The number of hydrogen-bond acceptors (Lipinski definition) is 7. The molecule has 0 unspecified atom stereocenters. The molecule has 1 aliphatic heterocycles. The number of nitrogens with zero attached hydrogens (tertiary/aromatic N) is 4. The van der Waals surface area contributed by atoms with Crippen molar-refractivity contribution in [3.05, 3.63) is 22.2 Å². The molecule has 1 radical (unpaired) electrons. The summed E-state index contributed by atoms with van der Waals surface area (Å²) < 4.78 is 4.68. The van der Waals surface area contributed by atoms with Gasteiger partial charge in [-0.25, -0.2) is 4.63 Å². The highest BCUT2D eigenvalue weighted by Crippen LogP contribution is 2.39. The van der Waals surface area contributed by atoms with Crippen molar-refractivity contribution in [2.75, 3.05) is 5.32 Å². The summed E-state index contributed by atoms with van der Waals surface area (Å²) in [4.78, 5) is 10.5. The smallest absolute Gasteiger partial charge is 0.300 e. The average molecular weight is 334 g/mol. The van der Waals surface area contributed by atoms with Crippen LogP contribution < -0.4 is 5.32 Å². The van der Waals surface area contributed by atoms with E-state index in [4.69, 9.17) is 0 Å². The topological polar surface area (TPSA) is 117 Å². The lowest BCUT2D eigenvalue weighted by Gasteiger charge is -2.50. The molecular weight excluding hydrogens is 314 g/mol. The zero-order valence-electron chi connectivity index (χ0n) is 14.1. The number of aromatic nitrogens is 2. The number of piperidine rings is 1. The van der Waals surface area contributed by atoms with Gasteiger partial charge in [0.1, 0.15) is 0 Å². The molecule has 0 atom stereocenters. The summed E-state index contributed by atoms with van der Waals surface area (Å²) in [5.41, 5.74) is -0.114. The molecule has 24 heavy (non-hydrogen) atoms. The van der Waals surface area contributed by atoms with Crippen molar-refractivity contribution in [2.45, 2.75) is 57.7 Å². The number of nitro benzene ring substituents is 1. The van der Waals surface area contributed by atoms with Crippen LogP contribution in [-0.2, 0) is 5.21 Å². The monoisotopic (exact) mass is 334 g/mol. The first-order chi connectivity index (χ1) is 11.1. The molecular formula is C15H20N5O4. The summed E-state index contributed by atoms with van der Waals surface area (Å²) in [6, 6.07) is 3.02. The molecule has 0 amide bonds. The van der Waals surface area contributed by atoms with E-state index in [0.29, 0.717) is 24.0 Å². The summed E-state index contributed by atoms with van der Waals surface area (Å²) in [6.45, 7) is 7.66. The van der Waals surface area contributed by atoms with Crippen LogP contribution in [0.5, 0.6) is 0 Å². The Morgan fingerprint density at radius 1 is 1.21 bits per heavy atom.